The Morgan fingerprint density at radius 2 is 1.81 bits per heavy atom. The maximum Gasteiger partial charge on any atom is 0.379 e. The number of nitrogens with one attached hydrogen (secondary N) is 1. The average molecular weight is 375 g/mol. The monoisotopic (exact) mass is 375 g/mol. The number of hydrogen-bond acceptors (Lipinski definition) is 6. The molecule has 2 aromatic carbocycles. The number of Topliss-reactive ketones (excluding diaryl/α,β-unsaturated/α-hetero) is 1. The summed E-state index contributed by atoms with van der Waals surface area (Å²) >= 11 is 0. The lowest BCUT2D eigenvalue weighted by Crippen LogP contribution is -2.18. The van der Waals surface area contributed by atoms with Gasteiger partial charge in [-0.05, 0) is 48.9 Å². The summed E-state index contributed by atoms with van der Waals surface area (Å²) in [6.45, 7) is 1.91. The summed E-state index contributed by atoms with van der Waals surface area (Å²) in [5.74, 6) is -3.22. The van der Waals surface area contributed by atoms with Gasteiger partial charge in [0.2, 0.25) is 5.78 Å². The molecule has 0 aliphatic carbocycles. The van der Waals surface area contributed by atoms with E-state index in [2.05, 4.69) is 5.32 Å². The Morgan fingerprint density at radius 3 is 2.44 bits per heavy atom. The van der Waals surface area contributed by atoms with E-state index < -0.39 is 17.7 Å². The van der Waals surface area contributed by atoms with Crippen LogP contribution >= 0.6 is 0 Å². The van der Waals surface area contributed by atoms with E-state index in [0.717, 1.165) is 6.92 Å². The number of rotatable bonds is 9. The number of hydrogen-bond donors (Lipinski definition) is 2. The standard InChI is InChI=1S/C19H18FNO6/c1-12(22)19(25)27-17-8-5-14(11-16(17)18(23)24)21-9-2-10-26-15-6-3-13(20)4-7-15/h3-8,11,21H,2,9-10H2,1H3,(H,23,24). The molecule has 0 spiro atoms. The van der Waals surface area contributed by atoms with E-state index in [1.54, 1.807) is 0 Å². The summed E-state index contributed by atoms with van der Waals surface area (Å²) in [6, 6.07) is 9.83. The number of halogens is 1. The Labute approximate surface area is 154 Å². The quantitative estimate of drug-likeness (QED) is 0.301. The molecule has 0 aliphatic rings. The maximum atomic E-state index is 12.8. The van der Waals surface area contributed by atoms with Crippen LogP contribution in [0.25, 0.3) is 0 Å². The molecule has 2 rings (SSSR count). The van der Waals surface area contributed by atoms with Crippen LogP contribution in [0, 0.1) is 5.82 Å². The van der Waals surface area contributed by atoms with Gasteiger partial charge in [0.15, 0.2) is 0 Å². The van der Waals surface area contributed by atoms with Crippen molar-refractivity contribution < 1.29 is 33.4 Å². The van der Waals surface area contributed by atoms with Gasteiger partial charge in [-0.25, -0.2) is 14.0 Å². The van der Waals surface area contributed by atoms with Crippen molar-refractivity contribution in [1.82, 2.24) is 0 Å². The van der Waals surface area contributed by atoms with Gasteiger partial charge in [-0.3, -0.25) is 4.79 Å². The van der Waals surface area contributed by atoms with Gasteiger partial charge < -0.3 is 19.9 Å². The number of carbonyl (C=O) groups is 3. The number of esters is 1. The topological polar surface area (TPSA) is 102 Å². The fourth-order valence-corrected chi connectivity index (χ4v) is 2.09. The molecular weight excluding hydrogens is 357 g/mol. The Hall–Kier alpha value is -3.42. The largest absolute Gasteiger partial charge is 0.494 e. The van der Waals surface area contributed by atoms with E-state index in [0.29, 0.717) is 31.0 Å². The second kappa shape index (κ2) is 9.33. The number of carboxylic acids is 1. The number of ketones is 1. The summed E-state index contributed by atoms with van der Waals surface area (Å²) in [4.78, 5) is 33.6. The first-order chi connectivity index (χ1) is 12.9. The molecule has 0 atom stereocenters. The van der Waals surface area contributed by atoms with E-state index in [1.807, 2.05) is 0 Å². The average Bonchev–Trinajstić information content (AvgIpc) is 2.63. The van der Waals surface area contributed by atoms with E-state index in [1.165, 1.54) is 42.5 Å². The van der Waals surface area contributed by atoms with Crippen molar-refractivity contribution in [2.24, 2.45) is 0 Å². The van der Waals surface area contributed by atoms with Crippen LogP contribution in [0.4, 0.5) is 10.1 Å². The minimum Gasteiger partial charge on any atom is -0.494 e. The molecular formula is C19H18FNO6. The molecule has 0 saturated carbocycles. The normalized spacial score (nSPS) is 10.1. The lowest BCUT2D eigenvalue weighted by molar-refractivity contribution is -0.146. The minimum absolute atomic E-state index is 0.201. The molecule has 0 fully saturated rings. The predicted molar refractivity (Wildman–Crippen MR) is 94.7 cm³/mol. The highest BCUT2D eigenvalue weighted by atomic mass is 19.1. The molecule has 0 aromatic heterocycles. The number of benzene rings is 2. The van der Waals surface area contributed by atoms with E-state index in [-0.39, 0.29) is 17.1 Å². The van der Waals surface area contributed by atoms with Gasteiger partial charge in [-0.15, -0.1) is 0 Å². The zero-order valence-electron chi connectivity index (χ0n) is 14.5. The third-order valence-electron chi connectivity index (χ3n) is 3.43. The van der Waals surface area contributed by atoms with Crippen molar-refractivity contribution in [1.29, 1.82) is 0 Å². The molecule has 142 valence electrons. The molecule has 0 heterocycles. The van der Waals surface area contributed by atoms with Crippen LogP contribution in [-0.4, -0.2) is 36.0 Å². The molecule has 2 aromatic rings. The molecule has 0 amide bonds. The minimum atomic E-state index is -1.29. The number of carboxylic acid groups (broad SMARTS) is 1. The van der Waals surface area contributed by atoms with E-state index in [9.17, 15) is 23.9 Å². The molecule has 7 nitrogen and oxygen atoms in total. The zero-order valence-corrected chi connectivity index (χ0v) is 14.5. The molecule has 0 aliphatic heterocycles. The molecule has 8 heteroatoms. The molecule has 27 heavy (non-hydrogen) atoms. The van der Waals surface area contributed by atoms with Crippen molar-refractivity contribution in [3.63, 3.8) is 0 Å². The summed E-state index contributed by atoms with van der Waals surface area (Å²) in [5, 5.41) is 12.3. The summed E-state index contributed by atoms with van der Waals surface area (Å²) in [5.41, 5.74) is 0.272. The highest BCUT2D eigenvalue weighted by Crippen LogP contribution is 2.23. The molecule has 0 radical (unpaired) electrons. The smallest absolute Gasteiger partial charge is 0.379 e. The SMILES string of the molecule is CC(=O)C(=O)Oc1ccc(NCCCOc2ccc(F)cc2)cc1C(=O)O. The number of ether oxygens (including phenoxy) is 2. The summed E-state index contributed by atoms with van der Waals surface area (Å²) in [7, 11) is 0. The number of carbonyl (C=O) groups excluding carboxylic acids is 2. The van der Waals surface area contributed by atoms with Gasteiger partial charge in [-0.2, -0.15) is 0 Å². The Bertz CT molecular complexity index is 835. The first kappa shape index (κ1) is 19.9. The highest BCUT2D eigenvalue weighted by Gasteiger charge is 2.17. The van der Waals surface area contributed by atoms with Crippen molar-refractivity contribution >= 4 is 23.4 Å². The van der Waals surface area contributed by atoms with Crippen LogP contribution in [-0.2, 0) is 9.59 Å². The lowest BCUT2D eigenvalue weighted by atomic mass is 10.1. The van der Waals surface area contributed by atoms with E-state index in [4.69, 9.17) is 9.47 Å². The highest BCUT2D eigenvalue weighted by molar-refractivity contribution is 6.33. The number of aromatic carboxylic acids is 1. The van der Waals surface area contributed by atoms with Gasteiger partial charge in [0.25, 0.3) is 0 Å². The van der Waals surface area contributed by atoms with Crippen LogP contribution < -0.4 is 14.8 Å². The molecule has 0 unspecified atom stereocenters. The third kappa shape index (κ3) is 6.10. The lowest BCUT2D eigenvalue weighted by Gasteiger charge is -2.11. The van der Waals surface area contributed by atoms with Crippen molar-refractivity contribution in [2.75, 3.05) is 18.5 Å². The van der Waals surface area contributed by atoms with E-state index >= 15 is 0 Å². The second-order valence-corrected chi connectivity index (χ2v) is 5.54. The Morgan fingerprint density at radius 1 is 1.11 bits per heavy atom. The van der Waals surface area contributed by atoms with Gasteiger partial charge in [-0.1, -0.05) is 0 Å². The van der Waals surface area contributed by atoms with Crippen molar-refractivity contribution in [3.8, 4) is 11.5 Å². The number of anilines is 1. The van der Waals surface area contributed by atoms with Gasteiger partial charge in [0.1, 0.15) is 22.9 Å². The third-order valence-corrected chi connectivity index (χ3v) is 3.43. The first-order valence-corrected chi connectivity index (χ1v) is 8.09. The fraction of sp³-hybridized carbons (Fsp3) is 0.211. The zero-order chi connectivity index (χ0) is 19.8. The van der Waals surface area contributed by atoms with Gasteiger partial charge in [0.05, 0.1) is 6.61 Å². The second-order valence-electron chi connectivity index (χ2n) is 5.54. The summed E-state index contributed by atoms with van der Waals surface area (Å²) < 4.78 is 23.0. The van der Waals surface area contributed by atoms with Crippen LogP contribution in [0.3, 0.4) is 0 Å². The summed E-state index contributed by atoms with van der Waals surface area (Å²) in [6.07, 6.45) is 0.612. The molecule has 0 saturated heterocycles. The molecule has 0 bridgehead atoms. The predicted octanol–water partition coefficient (Wildman–Crippen LogP) is 2.90. The first-order valence-electron chi connectivity index (χ1n) is 8.09. The van der Waals surface area contributed by atoms with Crippen LogP contribution in [0.15, 0.2) is 42.5 Å². The van der Waals surface area contributed by atoms with Crippen LogP contribution in [0.2, 0.25) is 0 Å². The molecule has 2 N–H and O–H groups in total. The maximum absolute atomic E-state index is 12.8. The Balaban J connectivity index is 1.88. The van der Waals surface area contributed by atoms with Crippen LogP contribution in [0.5, 0.6) is 11.5 Å². The Kier molecular flexibility index (Phi) is 6.87. The van der Waals surface area contributed by atoms with Crippen LogP contribution in [0.1, 0.15) is 23.7 Å². The fourth-order valence-electron chi connectivity index (χ4n) is 2.09. The van der Waals surface area contributed by atoms with Gasteiger partial charge in [0, 0.05) is 19.2 Å². The van der Waals surface area contributed by atoms with Crippen molar-refractivity contribution in [3.05, 3.63) is 53.8 Å². The van der Waals surface area contributed by atoms with Crippen molar-refractivity contribution in [2.45, 2.75) is 13.3 Å². The van der Waals surface area contributed by atoms with Gasteiger partial charge >= 0.3 is 11.9 Å².